The van der Waals surface area contributed by atoms with Gasteiger partial charge in [-0.2, -0.15) is 0 Å². The lowest BCUT2D eigenvalue weighted by Gasteiger charge is -1.92. The lowest BCUT2D eigenvalue weighted by molar-refractivity contribution is 1.20. The molecule has 0 spiro atoms. The Kier molecular flexibility index (Phi) is 6.44. The smallest absolute Gasteiger partial charge is 0.0106 e. The molecule has 0 saturated heterocycles. The normalized spacial score (nSPS) is 9.75. The average molecular weight is 184 g/mol. The highest BCUT2D eigenvalue weighted by Crippen LogP contribution is 1.99. The average Bonchev–Trinajstić information content (AvgIpc) is 2.07. The molecule has 0 fully saturated rings. The van der Waals surface area contributed by atoms with Gasteiger partial charge in [-0.05, 0) is 12.0 Å². The van der Waals surface area contributed by atoms with Crippen LogP contribution in [0.25, 0.3) is 0 Å². The predicted molar refractivity (Wildman–Crippen MR) is 55.6 cm³/mol. The van der Waals surface area contributed by atoms with Gasteiger partial charge in [0, 0.05) is 6.54 Å². The second-order valence-corrected chi connectivity index (χ2v) is 2.40. The van der Waals surface area contributed by atoms with Gasteiger partial charge in [0.05, 0.1) is 0 Å². The van der Waals surface area contributed by atoms with E-state index in [4.69, 9.17) is 5.73 Å². The molecule has 0 heterocycles. The number of hydrogen-bond acceptors (Lipinski definition) is 1. The van der Waals surface area contributed by atoms with Crippen molar-refractivity contribution in [1.82, 2.24) is 0 Å². The summed E-state index contributed by atoms with van der Waals surface area (Å²) in [5.41, 5.74) is 6.64. The second-order valence-electron chi connectivity index (χ2n) is 2.40. The van der Waals surface area contributed by atoms with Crippen LogP contribution in [0.5, 0.6) is 0 Å². The van der Waals surface area contributed by atoms with Gasteiger partial charge in [-0.25, -0.2) is 0 Å². The van der Waals surface area contributed by atoms with Gasteiger partial charge >= 0.3 is 0 Å². The number of hydrogen-bond donors (Lipinski definition) is 1. The maximum Gasteiger partial charge on any atom is 0.0106 e. The number of allylic oxidation sites excluding steroid dienone is 1. The zero-order valence-electron chi connectivity index (χ0n) is 6.94. The van der Waals surface area contributed by atoms with Gasteiger partial charge in [-0.1, -0.05) is 42.5 Å². The molecule has 0 saturated carbocycles. The van der Waals surface area contributed by atoms with Crippen molar-refractivity contribution in [2.24, 2.45) is 5.73 Å². The van der Waals surface area contributed by atoms with E-state index in [1.54, 1.807) is 0 Å². The Morgan fingerprint density at radius 3 is 2.33 bits per heavy atom. The van der Waals surface area contributed by atoms with E-state index in [1.807, 2.05) is 24.3 Å². The first-order valence-electron chi connectivity index (χ1n) is 3.82. The molecule has 0 unspecified atom stereocenters. The number of halogens is 1. The summed E-state index contributed by atoms with van der Waals surface area (Å²) >= 11 is 0. The molecule has 1 aromatic carbocycles. The highest BCUT2D eigenvalue weighted by molar-refractivity contribution is 5.85. The molecular formula is C10H14ClN. The Balaban J connectivity index is 0.00000121. The minimum Gasteiger partial charge on any atom is -0.327 e. The summed E-state index contributed by atoms with van der Waals surface area (Å²) in [7, 11) is 0. The predicted octanol–water partition coefficient (Wildman–Crippen LogP) is 2.17. The van der Waals surface area contributed by atoms with E-state index in [-0.39, 0.29) is 12.4 Å². The Morgan fingerprint density at radius 1 is 1.08 bits per heavy atom. The molecule has 0 aliphatic rings. The first-order chi connectivity index (χ1) is 5.43. The topological polar surface area (TPSA) is 26.0 Å². The summed E-state index contributed by atoms with van der Waals surface area (Å²) in [6, 6.07) is 10.3. The second kappa shape index (κ2) is 6.89. The van der Waals surface area contributed by atoms with Crippen molar-refractivity contribution >= 4 is 12.4 Å². The molecule has 0 aromatic heterocycles. The van der Waals surface area contributed by atoms with Gasteiger partial charge in [0.25, 0.3) is 0 Å². The number of benzene rings is 1. The van der Waals surface area contributed by atoms with Gasteiger partial charge in [0.1, 0.15) is 0 Å². The zero-order chi connectivity index (χ0) is 7.94. The highest BCUT2D eigenvalue weighted by Gasteiger charge is 1.83. The van der Waals surface area contributed by atoms with Crippen molar-refractivity contribution in [3.8, 4) is 0 Å². The SMILES string of the molecule is Cl.NCC=CCc1ccccc1. The van der Waals surface area contributed by atoms with Gasteiger partial charge in [-0.15, -0.1) is 12.4 Å². The molecule has 1 aromatic rings. The maximum absolute atomic E-state index is 5.31. The Morgan fingerprint density at radius 2 is 1.75 bits per heavy atom. The molecule has 2 N–H and O–H groups in total. The Labute approximate surface area is 79.7 Å². The first-order valence-corrected chi connectivity index (χ1v) is 3.82. The van der Waals surface area contributed by atoms with E-state index in [0.717, 1.165) is 6.42 Å². The standard InChI is InChI=1S/C10H13N.ClH/c11-9-5-4-8-10-6-2-1-3-7-10;/h1-7H,8-9,11H2;1H. The van der Waals surface area contributed by atoms with E-state index in [0.29, 0.717) is 6.54 Å². The molecule has 66 valence electrons. The lowest BCUT2D eigenvalue weighted by Crippen LogP contribution is -1.92. The van der Waals surface area contributed by atoms with Crippen molar-refractivity contribution in [2.45, 2.75) is 6.42 Å². The third kappa shape index (κ3) is 4.16. The van der Waals surface area contributed by atoms with Crippen LogP contribution in [-0.4, -0.2) is 6.54 Å². The monoisotopic (exact) mass is 183 g/mol. The van der Waals surface area contributed by atoms with E-state index >= 15 is 0 Å². The van der Waals surface area contributed by atoms with Crippen molar-refractivity contribution in [3.05, 3.63) is 48.0 Å². The first kappa shape index (κ1) is 11.2. The van der Waals surface area contributed by atoms with Gasteiger partial charge in [0.15, 0.2) is 0 Å². The molecule has 0 radical (unpaired) electrons. The summed E-state index contributed by atoms with van der Waals surface area (Å²) in [4.78, 5) is 0. The Hall–Kier alpha value is -0.790. The van der Waals surface area contributed by atoms with Crippen LogP contribution < -0.4 is 5.73 Å². The van der Waals surface area contributed by atoms with Crippen LogP contribution in [0, 0.1) is 0 Å². The molecule has 2 heteroatoms. The fourth-order valence-electron chi connectivity index (χ4n) is 0.930. The molecule has 1 nitrogen and oxygen atoms in total. The van der Waals surface area contributed by atoms with Crippen LogP contribution in [0.3, 0.4) is 0 Å². The van der Waals surface area contributed by atoms with Crippen LogP contribution in [0.1, 0.15) is 5.56 Å². The van der Waals surface area contributed by atoms with Gasteiger partial charge in [-0.3, -0.25) is 0 Å². The molecular weight excluding hydrogens is 170 g/mol. The quantitative estimate of drug-likeness (QED) is 0.715. The van der Waals surface area contributed by atoms with Crippen LogP contribution in [-0.2, 0) is 6.42 Å². The van der Waals surface area contributed by atoms with Crippen LogP contribution in [0.15, 0.2) is 42.5 Å². The van der Waals surface area contributed by atoms with Crippen molar-refractivity contribution in [1.29, 1.82) is 0 Å². The van der Waals surface area contributed by atoms with E-state index in [2.05, 4.69) is 18.2 Å². The molecule has 0 atom stereocenters. The summed E-state index contributed by atoms with van der Waals surface area (Å²) in [5.74, 6) is 0. The number of rotatable bonds is 3. The summed E-state index contributed by atoms with van der Waals surface area (Å²) in [5, 5.41) is 0. The molecule has 0 amide bonds. The third-order valence-electron chi connectivity index (χ3n) is 1.50. The van der Waals surface area contributed by atoms with Crippen molar-refractivity contribution in [3.63, 3.8) is 0 Å². The fourth-order valence-corrected chi connectivity index (χ4v) is 0.930. The molecule has 0 bridgehead atoms. The van der Waals surface area contributed by atoms with E-state index < -0.39 is 0 Å². The fraction of sp³-hybridized carbons (Fsp3) is 0.200. The van der Waals surface area contributed by atoms with Gasteiger partial charge in [0.2, 0.25) is 0 Å². The Bertz CT molecular complexity index is 219. The van der Waals surface area contributed by atoms with Gasteiger partial charge < -0.3 is 5.73 Å². The van der Waals surface area contributed by atoms with Crippen molar-refractivity contribution in [2.75, 3.05) is 6.54 Å². The number of nitrogens with two attached hydrogens (primary N) is 1. The lowest BCUT2D eigenvalue weighted by atomic mass is 10.1. The third-order valence-corrected chi connectivity index (χ3v) is 1.50. The summed E-state index contributed by atoms with van der Waals surface area (Å²) in [6.07, 6.45) is 5.06. The van der Waals surface area contributed by atoms with E-state index in [1.165, 1.54) is 5.56 Å². The highest BCUT2D eigenvalue weighted by atomic mass is 35.5. The minimum absolute atomic E-state index is 0. The maximum atomic E-state index is 5.31. The zero-order valence-corrected chi connectivity index (χ0v) is 7.76. The van der Waals surface area contributed by atoms with Crippen molar-refractivity contribution < 1.29 is 0 Å². The van der Waals surface area contributed by atoms with Crippen LogP contribution >= 0.6 is 12.4 Å². The summed E-state index contributed by atoms with van der Waals surface area (Å²) < 4.78 is 0. The summed E-state index contributed by atoms with van der Waals surface area (Å²) in [6.45, 7) is 0.632. The van der Waals surface area contributed by atoms with Crippen LogP contribution in [0.4, 0.5) is 0 Å². The molecule has 12 heavy (non-hydrogen) atoms. The van der Waals surface area contributed by atoms with E-state index in [9.17, 15) is 0 Å². The molecule has 1 rings (SSSR count). The molecule has 0 aliphatic carbocycles. The molecule has 0 aliphatic heterocycles. The van der Waals surface area contributed by atoms with Crippen LogP contribution in [0.2, 0.25) is 0 Å². The largest absolute Gasteiger partial charge is 0.327 e. The minimum atomic E-state index is 0.